The first-order valence-electron chi connectivity index (χ1n) is 7.40. The molecule has 6 heteroatoms. The van der Waals surface area contributed by atoms with E-state index in [1.807, 2.05) is 29.2 Å². The molecule has 2 aromatic rings. The van der Waals surface area contributed by atoms with Gasteiger partial charge in [-0.3, -0.25) is 9.89 Å². The average molecular weight is 300 g/mol. The minimum absolute atomic E-state index is 0.0109. The van der Waals surface area contributed by atoms with Crippen LogP contribution in [0.4, 0.5) is 0 Å². The molecular weight excluding hydrogens is 280 g/mol. The minimum Gasteiger partial charge on any atom is -0.497 e. The van der Waals surface area contributed by atoms with Crippen LogP contribution in [-0.2, 0) is 0 Å². The number of ether oxygens (including phenoxy) is 1. The van der Waals surface area contributed by atoms with Gasteiger partial charge < -0.3 is 15.4 Å². The fourth-order valence-corrected chi connectivity index (χ4v) is 2.72. The van der Waals surface area contributed by atoms with Gasteiger partial charge in [0.1, 0.15) is 11.4 Å². The third-order valence-electron chi connectivity index (χ3n) is 4.10. The molecule has 0 radical (unpaired) electrons. The Morgan fingerprint density at radius 2 is 2.23 bits per heavy atom. The Bertz CT molecular complexity index is 650. The van der Waals surface area contributed by atoms with Gasteiger partial charge in [-0.15, -0.1) is 0 Å². The molecule has 1 atom stereocenters. The van der Waals surface area contributed by atoms with Gasteiger partial charge >= 0.3 is 0 Å². The number of rotatable bonds is 4. The molecule has 1 amide bonds. The number of carbonyl (C=O) groups excluding carboxylic acids is 1. The van der Waals surface area contributed by atoms with Gasteiger partial charge in [-0.1, -0.05) is 0 Å². The highest BCUT2D eigenvalue weighted by molar-refractivity contribution is 5.93. The number of methoxy groups -OCH3 is 1. The summed E-state index contributed by atoms with van der Waals surface area (Å²) in [5.41, 5.74) is 7.88. The van der Waals surface area contributed by atoms with Crippen molar-refractivity contribution in [3.8, 4) is 17.0 Å². The van der Waals surface area contributed by atoms with Crippen LogP contribution in [0.15, 0.2) is 30.3 Å². The van der Waals surface area contributed by atoms with Gasteiger partial charge in [-0.2, -0.15) is 5.10 Å². The summed E-state index contributed by atoms with van der Waals surface area (Å²) in [5, 5.41) is 7.07. The van der Waals surface area contributed by atoms with Gasteiger partial charge in [0.15, 0.2) is 0 Å². The second-order valence-corrected chi connectivity index (χ2v) is 5.54. The van der Waals surface area contributed by atoms with E-state index in [0.29, 0.717) is 18.2 Å². The zero-order chi connectivity index (χ0) is 15.5. The van der Waals surface area contributed by atoms with Crippen molar-refractivity contribution in [2.45, 2.75) is 6.42 Å². The molecule has 0 spiro atoms. The summed E-state index contributed by atoms with van der Waals surface area (Å²) < 4.78 is 5.14. The summed E-state index contributed by atoms with van der Waals surface area (Å²) >= 11 is 0. The molecule has 116 valence electrons. The lowest BCUT2D eigenvalue weighted by Crippen LogP contribution is -2.30. The van der Waals surface area contributed by atoms with E-state index in [4.69, 9.17) is 10.5 Å². The van der Waals surface area contributed by atoms with E-state index >= 15 is 0 Å². The van der Waals surface area contributed by atoms with Crippen molar-refractivity contribution in [2.24, 2.45) is 11.7 Å². The topological polar surface area (TPSA) is 84.2 Å². The van der Waals surface area contributed by atoms with Crippen molar-refractivity contribution in [3.05, 3.63) is 36.0 Å². The predicted octanol–water partition coefficient (Wildman–Crippen LogP) is 1.51. The number of amides is 1. The van der Waals surface area contributed by atoms with Crippen molar-refractivity contribution >= 4 is 5.91 Å². The van der Waals surface area contributed by atoms with Crippen LogP contribution in [0.5, 0.6) is 5.75 Å². The number of hydrogen-bond acceptors (Lipinski definition) is 4. The average Bonchev–Trinajstić information content (AvgIpc) is 3.23. The maximum Gasteiger partial charge on any atom is 0.271 e. The number of nitrogens with zero attached hydrogens (tertiary/aromatic N) is 2. The quantitative estimate of drug-likeness (QED) is 0.896. The molecule has 1 aliphatic rings. The maximum absolute atomic E-state index is 12.4. The molecule has 3 N–H and O–H groups in total. The van der Waals surface area contributed by atoms with Gasteiger partial charge in [0.05, 0.1) is 12.8 Å². The number of aromatic amines is 1. The Balaban J connectivity index is 1.74. The third-order valence-corrected chi connectivity index (χ3v) is 4.10. The second kappa shape index (κ2) is 6.19. The molecular formula is C16H20N4O2. The first kappa shape index (κ1) is 14.6. The standard InChI is InChI=1S/C16H20N4O2/c1-22-13-4-2-12(3-5-13)14-8-15(19-18-14)16(21)20-7-6-11(9-17)10-20/h2-5,8,11H,6-7,9-10,17H2,1H3,(H,18,19)/t11-/m0/s1. The molecule has 22 heavy (non-hydrogen) atoms. The molecule has 2 heterocycles. The Morgan fingerprint density at radius 1 is 1.45 bits per heavy atom. The van der Waals surface area contributed by atoms with Crippen LogP contribution in [0, 0.1) is 5.92 Å². The SMILES string of the molecule is COc1ccc(-c2cc(C(=O)N3CC[C@@H](CN)C3)[nH]n2)cc1. The molecule has 6 nitrogen and oxygen atoms in total. The molecule has 0 unspecified atom stereocenters. The van der Waals surface area contributed by atoms with E-state index in [1.165, 1.54) is 0 Å². The highest BCUT2D eigenvalue weighted by atomic mass is 16.5. The zero-order valence-electron chi connectivity index (χ0n) is 12.6. The summed E-state index contributed by atoms with van der Waals surface area (Å²) in [6.07, 6.45) is 0.974. The number of aromatic nitrogens is 2. The highest BCUT2D eigenvalue weighted by Crippen LogP contribution is 2.23. The van der Waals surface area contributed by atoms with Gasteiger partial charge in [0, 0.05) is 18.7 Å². The monoisotopic (exact) mass is 300 g/mol. The van der Waals surface area contributed by atoms with Crippen LogP contribution in [0.2, 0.25) is 0 Å². The first-order valence-corrected chi connectivity index (χ1v) is 7.40. The maximum atomic E-state index is 12.4. The summed E-state index contributed by atoms with van der Waals surface area (Å²) in [6, 6.07) is 9.38. The highest BCUT2D eigenvalue weighted by Gasteiger charge is 2.27. The molecule has 0 bridgehead atoms. The molecule has 3 rings (SSSR count). The van der Waals surface area contributed by atoms with Crippen molar-refractivity contribution in [3.63, 3.8) is 0 Å². The predicted molar refractivity (Wildman–Crippen MR) is 83.6 cm³/mol. The van der Waals surface area contributed by atoms with Crippen LogP contribution in [0.1, 0.15) is 16.9 Å². The van der Waals surface area contributed by atoms with E-state index in [9.17, 15) is 4.79 Å². The Labute approximate surface area is 129 Å². The Hall–Kier alpha value is -2.34. The van der Waals surface area contributed by atoms with Crippen molar-refractivity contribution in [2.75, 3.05) is 26.7 Å². The number of nitrogens with one attached hydrogen (secondary N) is 1. The molecule has 0 saturated carbocycles. The largest absolute Gasteiger partial charge is 0.497 e. The normalized spacial score (nSPS) is 17.7. The van der Waals surface area contributed by atoms with Gasteiger partial charge in [0.25, 0.3) is 5.91 Å². The number of carbonyl (C=O) groups is 1. The van der Waals surface area contributed by atoms with E-state index in [0.717, 1.165) is 36.5 Å². The van der Waals surface area contributed by atoms with Gasteiger partial charge in [-0.05, 0) is 49.2 Å². The molecule has 1 aliphatic heterocycles. The first-order chi connectivity index (χ1) is 10.7. The summed E-state index contributed by atoms with van der Waals surface area (Å²) in [4.78, 5) is 14.3. The van der Waals surface area contributed by atoms with E-state index < -0.39 is 0 Å². The summed E-state index contributed by atoms with van der Waals surface area (Å²) in [7, 11) is 1.63. The van der Waals surface area contributed by atoms with Crippen LogP contribution in [0.3, 0.4) is 0 Å². The molecule has 1 aromatic heterocycles. The van der Waals surface area contributed by atoms with Crippen molar-refractivity contribution in [1.82, 2.24) is 15.1 Å². The fourth-order valence-electron chi connectivity index (χ4n) is 2.72. The lowest BCUT2D eigenvalue weighted by Gasteiger charge is -2.14. The zero-order valence-corrected chi connectivity index (χ0v) is 12.6. The second-order valence-electron chi connectivity index (χ2n) is 5.54. The lowest BCUT2D eigenvalue weighted by atomic mass is 10.1. The minimum atomic E-state index is -0.0109. The third kappa shape index (κ3) is 2.82. The smallest absolute Gasteiger partial charge is 0.271 e. The number of likely N-dealkylation sites (tertiary alicyclic amines) is 1. The number of hydrogen-bond donors (Lipinski definition) is 2. The van der Waals surface area contributed by atoms with Crippen LogP contribution in [0.25, 0.3) is 11.3 Å². The number of H-pyrrole nitrogens is 1. The molecule has 0 aliphatic carbocycles. The fraction of sp³-hybridized carbons (Fsp3) is 0.375. The van der Waals surface area contributed by atoms with Gasteiger partial charge in [-0.25, -0.2) is 0 Å². The van der Waals surface area contributed by atoms with E-state index in [1.54, 1.807) is 13.2 Å². The van der Waals surface area contributed by atoms with Crippen molar-refractivity contribution in [1.29, 1.82) is 0 Å². The van der Waals surface area contributed by atoms with Gasteiger partial charge in [0.2, 0.25) is 0 Å². The van der Waals surface area contributed by atoms with E-state index in [-0.39, 0.29) is 5.91 Å². The van der Waals surface area contributed by atoms with E-state index in [2.05, 4.69) is 10.2 Å². The summed E-state index contributed by atoms with van der Waals surface area (Å²) in [5.74, 6) is 1.19. The molecule has 1 fully saturated rings. The molecule has 1 aromatic carbocycles. The number of nitrogens with two attached hydrogens (primary N) is 1. The molecule has 1 saturated heterocycles. The lowest BCUT2D eigenvalue weighted by molar-refractivity contribution is 0.0782. The van der Waals surface area contributed by atoms with Crippen LogP contribution >= 0.6 is 0 Å². The number of benzene rings is 1. The van der Waals surface area contributed by atoms with Crippen LogP contribution < -0.4 is 10.5 Å². The van der Waals surface area contributed by atoms with Crippen LogP contribution in [-0.4, -0.2) is 47.7 Å². The summed E-state index contributed by atoms with van der Waals surface area (Å²) in [6.45, 7) is 2.12. The Kier molecular flexibility index (Phi) is 4.11. The van der Waals surface area contributed by atoms with Crippen molar-refractivity contribution < 1.29 is 9.53 Å². The Morgan fingerprint density at radius 3 is 2.86 bits per heavy atom.